The van der Waals surface area contributed by atoms with E-state index in [-0.39, 0.29) is 5.57 Å². The van der Waals surface area contributed by atoms with Crippen LogP contribution in [0.4, 0.5) is 5.69 Å². The van der Waals surface area contributed by atoms with Crippen molar-refractivity contribution in [2.45, 2.75) is 0 Å². The maximum atomic E-state index is 12.2. The van der Waals surface area contributed by atoms with Gasteiger partial charge in [0.15, 0.2) is 0 Å². The zero-order valence-corrected chi connectivity index (χ0v) is 12.9. The first-order chi connectivity index (χ1) is 10.6. The molecule has 1 aromatic carbocycles. The lowest BCUT2D eigenvalue weighted by Crippen LogP contribution is -2.42. The Bertz CT molecular complexity index is 581. The number of benzene rings is 1. The Morgan fingerprint density at radius 1 is 1.27 bits per heavy atom. The molecule has 1 amide bonds. The van der Waals surface area contributed by atoms with Crippen LogP contribution in [0.25, 0.3) is 0 Å². The quantitative estimate of drug-likeness (QED) is 0.670. The van der Waals surface area contributed by atoms with E-state index in [0.717, 1.165) is 26.2 Å². The first kappa shape index (κ1) is 15.9. The highest BCUT2D eigenvalue weighted by Crippen LogP contribution is 2.15. The first-order valence-corrected chi connectivity index (χ1v) is 7.12. The molecule has 0 saturated carbocycles. The van der Waals surface area contributed by atoms with E-state index in [1.54, 1.807) is 37.6 Å². The molecule has 1 saturated heterocycles. The number of nitrogens with zero attached hydrogens (tertiary/aromatic N) is 3. The van der Waals surface area contributed by atoms with Crippen LogP contribution in [0.15, 0.2) is 36.0 Å². The van der Waals surface area contributed by atoms with Crippen LogP contribution in [0.2, 0.25) is 0 Å². The molecule has 1 aliphatic rings. The highest BCUT2D eigenvalue weighted by atomic mass is 16.5. The molecule has 0 spiro atoms. The SMILES string of the molecule is COc1ccc(NC(=O)/C(C#N)=C/N2CCN(C)CC2)cc1. The van der Waals surface area contributed by atoms with Crippen molar-refractivity contribution in [3.05, 3.63) is 36.0 Å². The van der Waals surface area contributed by atoms with Gasteiger partial charge in [0.05, 0.1) is 7.11 Å². The van der Waals surface area contributed by atoms with E-state index in [2.05, 4.69) is 17.3 Å². The fraction of sp³-hybridized carbons (Fsp3) is 0.375. The Hall–Kier alpha value is -2.52. The van der Waals surface area contributed by atoms with Crippen LogP contribution < -0.4 is 10.1 Å². The molecule has 0 aromatic heterocycles. The van der Waals surface area contributed by atoms with Crippen LogP contribution >= 0.6 is 0 Å². The smallest absolute Gasteiger partial charge is 0.267 e. The summed E-state index contributed by atoms with van der Waals surface area (Å²) in [5, 5.41) is 11.9. The van der Waals surface area contributed by atoms with E-state index < -0.39 is 5.91 Å². The summed E-state index contributed by atoms with van der Waals surface area (Å²) >= 11 is 0. The number of amides is 1. The lowest BCUT2D eigenvalue weighted by molar-refractivity contribution is -0.112. The van der Waals surface area contributed by atoms with E-state index in [0.29, 0.717) is 11.4 Å². The van der Waals surface area contributed by atoms with Gasteiger partial charge < -0.3 is 19.9 Å². The molecule has 6 nitrogen and oxygen atoms in total. The third-order valence-corrected chi connectivity index (χ3v) is 3.56. The molecule has 2 rings (SSSR count). The minimum Gasteiger partial charge on any atom is -0.497 e. The van der Waals surface area contributed by atoms with E-state index in [9.17, 15) is 10.1 Å². The summed E-state index contributed by atoms with van der Waals surface area (Å²) in [6.45, 7) is 3.49. The molecule has 0 aliphatic carbocycles. The van der Waals surface area contributed by atoms with Gasteiger partial charge in [-0.25, -0.2) is 0 Å². The Balaban J connectivity index is 2.00. The minimum absolute atomic E-state index is 0.111. The lowest BCUT2D eigenvalue weighted by atomic mass is 10.2. The number of carbonyl (C=O) groups is 1. The maximum absolute atomic E-state index is 12.2. The Morgan fingerprint density at radius 3 is 2.45 bits per heavy atom. The van der Waals surface area contributed by atoms with Gasteiger partial charge in [-0.05, 0) is 31.3 Å². The summed E-state index contributed by atoms with van der Waals surface area (Å²) in [7, 11) is 3.64. The number of anilines is 1. The van der Waals surface area contributed by atoms with E-state index in [4.69, 9.17) is 4.74 Å². The molecule has 22 heavy (non-hydrogen) atoms. The number of nitrogens with one attached hydrogen (secondary N) is 1. The molecule has 1 fully saturated rings. The predicted molar refractivity (Wildman–Crippen MR) is 84.4 cm³/mol. The number of ether oxygens (including phenoxy) is 1. The van der Waals surface area contributed by atoms with Gasteiger partial charge in [-0.15, -0.1) is 0 Å². The van der Waals surface area contributed by atoms with Gasteiger partial charge in [-0.2, -0.15) is 5.26 Å². The fourth-order valence-electron chi connectivity index (χ4n) is 2.14. The molecular weight excluding hydrogens is 280 g/mol. The molecule has 0 unspecified atom stereocenters. The zero-order valence-electron chi connectivity index (χ0n) is 12.9. The largest absolute Gasteiger partial charge is 0.497 e. The summed E-state index contributed by atoms with van der Waals surface area (Å²) in [6, 6.07) is 8.96. The number of hydrogen-bond donors (Lipinski definition) is 1. The second kappa shape index (κ2) is 7.48. The van der Waals surface area contributed by atoms with Crippen LogP contribution in [0.1, 0.15) is 0 Å². The molecule has 1 aromatic rings. The number of likely N-dealkylation sites (N-methyl/N-ethyl adjacent to an activating group) is 1. The molecule has 1 aliphatic heterocycles. The van der Waals surface area contributed by atoms with Gasteiger partial charge >= 0.3 is 0 Å². The van der Waals surface area contributed by atoms with Crippen molar-refractivity contribution >= 4 is 11.6 Å². The van der Waals surface area contributed by atoms with E-state index in [1.165, 1.54) is 0 Å². The Labute approximate surface area is 130 Å². The molecule has 0 radical (unpaired) electrons. The van der Waals surface area contributed by atoms with Crippen molar-refractivity contribution in [3.63, 3.8) is 0 Å². The van der Waals surface area contributed by atoms with Gasteiger partial charge in [0.25, 0.3) is 5.91 Å². The third kappa shape index (κ3) is 4.24. The molecule has 1 N–H and O–H groups in total. The summed E-state index contributed by atoms with van der Waals surface area (Å²) in [5.74, 6) is 0.318. The average Bonchev–Trinajstić information content (AvgIpc) is 2.55. The molecule has 0 bridgehead atoms. The van der Waals surface area contributed by atoms with Crippen LogP contribution in [0.5, 0.6) is 5.75 Å². The van der Waals surface area contributed by atoms with Crippen LogP contribution in [0.3, 0.4) is 0 Å². The average molecular weight is 300 g/mol. The van der Waals surface area contributed by atoms with Crippen molar-refractivity contribution in [1.29, 1.82) is 5.26 Å². The molecule has 1 heterocycles. The number of methoxy groups -OCH3 is 1. The van der Waals surface area contributed by atoms with Crippen molar-refractivity contribution in [2.75, 3.05) is 45.7 Å². The topological polar surface area (TPSA) is 68.6 Å². The lowest BCUT2D eigenvalue weighted by Gasteiger charge is -2.31. The summed E-state index contributed by atoms with van der Waals surface area (Å²) in [4.78, 5) is 16.4. The van der Waals surface area contributed by atoms with Crippen molar-refractivity contribution in [1.82, 2.24) is 9.80 Å². The van der Waals surface area contributed by atoms with Crippen molar-refractivity contribution in [3.8, 4) is 11.8 Å². The minimum atomic E-state index is -0.397. The molecule has 116 valence electrons. The third-order valence-electron chi connectivity index (χ3n) is 3.56. The fourth-order valence-corrected chi connectivity index (χ4v) is 2.14. The highest BCUT2D eigenvalue weighted by molar-refractivity contribution is 6.06. The molecule has 6 heteroatoms. The predicted octanol–water partition coefficient (Wildman–Crippen LogP) is 1.29. The van der Waals surface area contributed by atoms with Gasteiger partial charge in [-0.3, -0.25) is 4.79 Å². The van der Waals surface area contributed by atoms with Gasteiger partial charge in [-0.1, -0.05) is 0 Å². The second-order valence-corrected chi connectivity index (χ2v) is 5.18. The maximum Gasteiger partial charge on any atom is 0.267 e. The Morgan fingerprint density at radius 2 is 1.91 bits per heavy atom. The monoisotopic (exact) mass is 300 g/mol. The number of carbonyl (C=O) groups excluding carboxylic acids is 1. The summed E-state index contributed by atoms with van der Waals surface area (Å²) in [5.41, 5.74) is 0.741. The number of rotatable bonds is 4. The standard InChI is InChI=1S/C16H20N4O2/c1-19-7-9-20(10-8-19)12-13(11-17)16(21)18-14-3-5-15(22-2)6-4-14/h3-6,12H,7-10H2,1-2H3,(H,18,21)/b13-12+. The number of piperazine rings is 1. The van der Waals surface area contributed by atoms with Crippen molar-refractivity contribution in [2.24, 2.45) is 0 Å². The normalized spacial score (nSPS) is 16.0. The van der Waals surface area contributed by atoms with Gasteiger partial charge in [0.1, 0.15) is 17.4 Å². The number of nitriles is 1. The van der Waals surface area contributed by atoms with Crippen molar-refractivity contribution < 1.29 is 9.53 Å². The summed E-state index contributed by atoms with van der Waals surface area (Å²) in [6.07, 6.45) is 1.64. The number of hydrogen-bond acceptors (Lipinski definition) is 5. The van der Waals surface area contributed by atoms with E-state index in [1.807, 2.05) is 11.0 Å². The van der Waals surface area contributed by atoms with Gasteiger partial charge in [0.2, 0.25) is 0 Å². The van der Waals surface area contributed by atoms with Crippen LogP contribution in [-0.2, 0) is 4.79 Å². The summed E-state index contributed by atoms with van der Waals surface area (Å²) < 4.78 is 5.06. The zero-order chi connectivity index (χ0) is 15.9. The Kier molecular flexibility index (Phi) is 5.39. The first-order valence-electron chi connectivity index (χ1n) is 7.12. The molecular formula is C16H20N4O2. The molecule has 0 atom stereocenters. The second-order valence-electron chi connectivity index (χ2n) is 5.18. The van der Waals surface area contributed by atoms with Gasteiger partial charge in [0, 0.05) is 38.1 Å². The van der Waals surface area contributed by atoms with E-state index >= 15 is 0 Å². The highest BCUT2D eigenvalue weighted by Gasteiger charge is 2.15. The van der Waals surface area contributed by atoms with Crippen LogP contribution in [0, 0.1) is 11.3 Å². The van der Waals surface area contributed by atoms with Crippen LogP contribution in [-0.4, -0.2) is 56.0 Å².